The van der Waals surface area contributed by atoms with Crippen molar-refractivity contribution < 1.29 is 0 Å². The average molecular weight is 524 g/mol. The number of rotatable bonds is 2. The Kier molecular flexibility index (Phi) is 4.25. The van der Waals surface area contributed by atoms with Gasteiger partial charge in [-0.1, -0.05) is 116 Å². The fraction of sp³-hybridized carbons (Fsp3) is 0.0513. The number of hydrogen-bond acceptors (Lipinski definition) is 1. The molecule has 0 bridgehead atoms. The molecule has 2 heteroatoms. The number of aromatic nitrogens is 1. The van der Waals surface area contributed by atoms with E-state index in [0.717, 1.165) is 32.8 Å². The van der Waals surface area contributed by atoms with Crippen molar-refractivity contribution in [3.05, 3.63) is 160 Å². The molecule has 7 aromatic rings. The molecule has 2 aliphatic rings. The maximum Gasteiger partial charge on any atom is 0.263 e. The Balaban J connectivity index is 1.52. The van der Waals surface area contributed by atoms with Crippen LogP contribution in [-0.2, 0) is 5.41 Å². The summed E-state index contributed by atoms with van der Waals surface area (Å²) in [6.45, 7) is 6.01. The molecule has 2 aromatic heterocycles. The van der Waals surface area contributed by atoms with Gasteiger partial charge in [-0.15, -0.1) is 0 Å². The predicted molar refractivity (Wildman–Crippen MR) is 171 cm³/mol. The quantitative estimate of drug-likeness (QED) is 0.221. The Bertz CT molecular complexity index is 2320. The van der Waals surface area contributed by atoms with Crippen LogP contribution in [0.3, 0.4) is 0 Å². The minimum absolute atomic E-state index is 0.0238. The third-order valence-corrected chi connectivity index (χ3v) is 9.46. The van der Waals surface area contributed by atoms with Gasteiger partial charge in [-0.2, -0.15) is 0 Å². The highest BCUT2D eigenvalue weighted by molar-refractivity contribution is 6.17. The maximum absolute atomic E-state index is 14.1. The number of fused-ring (bicyclic) bond motifs is 13. The standard InChI is InChI=1S/C39H25NO/c1-3-12-24-23(4-2)38(41)40-36-22-30-27-15-7-10-20-34(27)39(35(30)21-31(36)29-17-11-16-28(24)37(29)40)32-18-8-5-13-25(32)26-14-6-9-19-33(26)39/h3-22H,2H2,1H3/b12-3-. The van der Waals surface area contributed by atoms with Crippen LogP contribution in [0.5, 0.6) is 0 Å². The van der Waals surface area contributed by atoms with E-state index in [2.05, 4.69) is 110 Å². The molecule has 0 aliphatic heterocycles. The van der Waals surface area contributed by atoms with Gasteiger partial charge in [0.1, 0.15) is 0 Å². The number of nitrogens with zero attached hydrogens (tertiary/aromatic N) is 1. The van der Waals surface area contributed by atoms with Gasteiger partial charge in [0.2, 0.25) is 0 Å². The molecule has 2 nitrogen and oxygen atoms in total. The van der Waals surface area contributed by atoms with Gasteiger partial charge in [-0.25, -0.2) is 0 Å². The lowest BCUT2D eigenvalue weighted by molar-refractivity contribution is 0.795. The molecule has 0 saturated heterocycles. The average Bonchev–Trinajstić information content (AvgIpc) is 3.61. The zero-order valence-electron chi connectivity index (χ0n) is 22.6. The Morgan fingerprint density at radius 3 is 1.83 bits per heavy atom. The molecule has 5 aromatic carbocycles. The van der Waals surface area contributed by atoms with Crippen LogP contribution in [0, 0.1) is 0 Å². The summed E-state index contributed by atoms with van der Waals surface area (Å²) in [7, 11) is 0. The molecule has 0 N–H and O–H groups in total. The highest BCUT2D eigenvalue weighted by Gasteiger charge is 2.51. The third-order valence-electron chi connectivity index (χ3n) is 9.46. The Morgan fingerprint density at radius 2 is 1.22 bits per heavy atom. The fourth-order valence-electron chi connectivity index (χ4n) is 8.00. The molecular formula is C39H25NO. The van der Waals surface area contributed by atoms with Crippen LogP contribution in [0.1, 0.15) is 40.3 Å². The van der Waals surface area contributed by atoms with Crippen molar-refractivity contribution in [2.24, 2.45) is 0 Å². The summed E-state index contributed by atoms with van der Waals surface area (Å²) in [6, 6.07) is 37.6. The number of pyridine rings is 1. The molecule has 0 radical (unpaired) electrons. The summed E-state index contributed by atoms with van der Waals surface area (Å²) < 4.78 is 1.93. The van der Waals surface area contributed by atoms with Crippen LogP contribution >= 0.6 is 0 Å². The number of para-hydroxylation sites is 1. The van der Waals surface area contributed by atoms with Gasteiger partial charge in [0.05, 0.1) is 16.4 Å². The van der Waals surface area contributed by atoms with Gasteiger partial charge in [-0.05, 0) is 69.1 Å². The molecule has 0 saturated carbocycles. The molecule has 0 amide bonds. The van der Waals surface area contributed by atoms with Crippen molar-refractivity contribution in [3.63, 3.8) is 0 Å². The molecule has 192 valence electrons. The van der Waals surface area contributed by atoms with Crippen LogP contribution in [-0.4, -0.2) is 4.40 Å². The molecule has 0 atom stereocenters. The topological polar surface area (TPSA) is 21.5 Å². The van der Waals surface area contributed by atoms with Crippen LogP contribution in [0.2, 0.25) is 0 Å². The van der Waals surface area contributed by atoms with E-state index in [1.807, 2.05) is 23.5 Å². The van der Waals surface area contributed by atoms with Crippen molar-refractivity contribution in [1.82, 2.24) is 4.40 Å². The summed E-state index contributed by atoms with van der Waals surface area (Å²) in [4.78, 5) is 14.1. The lowest BCUT2D eigenvalue weighted by Gasteiger charge is -2.30. The molecule has 0 unspecified atom stereocenters. The van der Waals surface area contributed by atoms with E-state index < -0.39 is 5.41 Å². The van der Waals surface area contributed by atoms with Crippen LogP contribution < -0.4 is 5.56 Å². The second-order valence-corrected chi connectivity index (χ2v) is 11.2. The highest BCUT2D eigenvalue weighted by atomic mass is 16.1. The molecule has 41 heavy (non-hydrogen) atoms. The third kappa shape index (κ3) is 2.48. The van der Waals surface area contributed by atoms with Gasteiger partial charge in [0.25, 0.3) is 5.56 Å². The molecule has 9 rings (SSSR count). The molecule has 2 aliphatic carbocycles. The second-order valence-electron chi connectivity index (χ2n) is 11.2. The normalized spacial score (nSPS) is 14.3. The monoisotopic (exact) mass is 523 g/mol. The van der Waals surface area contributed by atoms with Crippen molar-refractivity contribution in [2.75, 3.05) is 0 Å². The first kappa shape index (κ1) is 22.6. The fourth-order valence-corrected chi connectivity index (χ4v) is 8.00. The summed E-state index contributed by atoms with van der Waals surface area (Å²) in [5, 5.41) is 3.27. The van der Waals surface area contributed by atoms with E-state index in [-0.39, 0.29) is 5.56 Å². The summed E-state index contributed by atoms with van der Waals surface area (Å²) in [5.74, 6) is 0. The van der Waals surface area contributed by atoms with E-state index in [1.165, 1.54) is 44.5 Å². The zero-order chi connectivity index (χ0) is 27.5. The van der Waals surface area contributed by atoms with E-state index >= 15 is 0 Å². The lowest BCUT2D eigenvalue weighted by atomic mass is 9.70. The Morgan fingerprint density at radius 1 is 0.634 bits per heavy atom. The van der Waals surface area contributed by atoms with Gasteiger partial charge >= 0.3 is 0 Å². The summed E-state index contributed by atoms with van der Waals surface area (Å²) >= 11 is 0. The minimum Gasteiger partial charge on any atom is -0.275 e. The van der Waals surface area contributed by atoms with Gasteiger partial charge in [0.15, 0.2) is 0 Å². The van der Waals surface area contributed by atoms with E-state index in [9.17, 15) is 4.79 Å². The van der Waals surface area contributed by atoms with E-state index in [0.29, 0.717) is 5.56 Å². The van der Waals surface area contributed by atoms with Crippen molar-refractivity contribution in [3.8, 4) is 22.3 Å². The first-order chi connectivity index (χ1) is 20.2. The van der Waals surface area contributed by atoms with E-state index in [1.54, 1.807) is 6.08 Å². The van der Waals surface area contributed by atoms with E-state index in [4.69, 9.17) is 0 Å². The summed E-state index contributed by atoms with van der Waals surface area (Å²) in [6.07, 6.45) is 5.73. The lowest BCUT2D eigenvalue weighted by Crippen LogP contribution is -2.25. The number of hydrogen-bond donors (Lipinski definition) is 0. The van der Waals surface area contributed by atoms with Crippen molar-refractivity contribution in [2.45, 2.75) is 12.3 Å². The maximum atomic E-state index is 14.1. The Hall–Kier alpha value is -5.21. The first-order valence-corrected chi connectivity index (χ1v) is 14.2. The molecular weight excluding hydrogens is 498 g/mol. The largest absolute Gasteiger partial charge is 0.275 e. The first-order valence-electron chi connectivity index (χ1n) is 14.2. The molecule has 1 spiro atoms. The molecule has 2 heterocycles. The number of benzene rings is 5. The molecule has 0 fully saturated rings. The Labute approximate surface area is 237 Å². The van der Waals surface area contributed by atoms with Gasteiger partial charge in [0, 0.05) is 21.7 Å². The summed E-state index contributed by atoms with van der Waals surface area (Å²) in [5.41, 5.74) is 13.3. The minimum atomic E-state index is -0.413. The SMILES string of the molecule is C=Cc1c(/C=C\C)c2cccc3c4cc5c(cc4n(c1=O)c23)-c1ccccc1C51c2ccccc2-c2ccccc21. The highest BCUT2D eigenvalue weighted by Crippen LogP contribution is 2.63. The predicted octanol–water partition coefficient (Wildman–Crippen LogP) is 9.06. The zero-order valence-corrected chi connectivity index (χ0v) is 22.6. The van der Waals surface area contributed by atoms with Gasteiger partial charge < -0.3 is 0 Å². The van der Waals surface area contributed by atoms with Crippen LogP contribution in [0.25, 0.3) is 61.6 Å². The van der Waals surface area contributed by atoms with Gasteiger partial charge in [-0.3, -0.25) is 9.20 Å². The van der Waals surface area contributed by atoms with Crippen LogP contribution in [0.4, 0.5) is 0 Å². The number of allylic oxidation sites excluding steroid dienone is 1. The second kappa shape index (κ2) is 7.71. The van der Waals surface area contributed by atoms with Crippen molar-refractivity contribution >= 4 is 39.3 Å². The van der Waals surface area contributed by atoms with Crippen LogP contribution in [0.15, 0.2) is 121 Å². The van der Waals surface area contributed by atoms with Crippen molar-refractivity contribution in [1.29, 1.82) is 0 Å². The smallest absolute Gasteiger partial charge is 0.263 e.